The van der Waals surface area contributed by atoms with Crippen LogP contribution in [-0.4, -0.2) is 6.54 Å². The Labute approximate surface area is 129 Å². The van der Waals surface area contributed by atoms with Crippen molar-refractivity contribution < 1.29 is 0 Å². The van der Waals surface area contributed by atoms with E-state index in [2.05, 4.69) is 31.3 Å². The lowest BCUT2D eigenvalue weighted by molar-refractivity contribution is 0.300. The van der Waals surface area contributed by atoms with Crippen molar-refractivity contribution in [3.8, 4) is 0 Å². The fraction of sp³-hybridized carbons (Fsp3) is 0.667. The second-order valence-corrected chi connectivity index (χ2v) is 6.74. The molecule has 0 amide bonds. The van der Waals surface area contributed by atoms with Crippen molar-refractivity contribution in [2.75, 3.05) is 6.54 Å². The fourth-order valence-electron chi connectivity index (χ4n) is 3.38. The summed E-state index contributed by atoms with van der Waals surface area (Å²) in [6, 6.07) is 6.95. The molecular formula is C18H28ClN. The Morgan fingerprint density at radius 3 is 2.60 bits per heavy atom. The average molecular weight is 294 g/mol. The van der Waals surface area contributed by atoms with E-state index in [4.69, 9.17) is 11.6 Å². The van der Waals surface area contributed by atoms with Gasteiger partial charge in [-0.1, -0.05) is 56.7 Å². The van der Waals surface area contributed by atoms with E-state index in [1.165, 1.54) is 56.1 Å². The van der Waals surface area contributed by atoms with Gasteiger partial charge in [-0.2, -0.15) is 0 Å². The van der Waals surface area contributed by atoms with E-state index in [0.717, 1.165) is 17.5 Å². The van der Waals surface area contributed by atoms with Gasteiger partial charge in [-0.15, -0.1) is 0 Å². The molecule has 1 aliphatic carbocycles. The van der Waals surface area contributed by atoms with Crippen LogP contribution in [0.1, 0.15) is 69.0 Å². The molecule has 0 heterocycles. The summed E-state index contributed by atoms with van der Waals surface area (Å²) < 4.78 is 0. The second-order valence-electron chi connectivity index (χ2n) is 6.31. The van der Waals surface area contributed by atoms with Crippen LogP contribution in [0.5, 0.6) is 0 Å². The highest BCUT2D eigenvalue weighted by Crippen LogP contribution is 2.33. The normalized spacial score (nSPS) is 18.1. The van der Waals surface area contributed by atoms with E-state index >= 15 is 0 Å². The van der Waals surface area contributed by atoms with Gasteiger partial charge >= 0.3 is 0 Å². The molecule has 1 aliphatic rings. The number of nitrogens with one attached hydrogen (secondary N) is 1. The standard InChI is InChI=1S/C18H28ClN/c1-3-9-20-18(12-15-7-5-4-6-8-15)16-10-14(2)11-17(19)13-16/h10-11,13,15,18,20H,3-9,12H2,1-2H3. The maximum absolute atomic E-state index is 6.24. The second kappa shape index (κ2) is 8.05. The lowest BCUT2D eigenvalue weighted by atomic mass is 9.83. The minimum atomic E-state index is 0.468. The molecule has 1 atom stereocenters. The number of benzene rings is 1. The molecular weight excluding hydrogens is 266 g/mol. The van der Waals surface area contributed by atoms with Crippen LogP contribution in [0.2, 0.25) is 5.02 Å². The zero-order valence-corrected chi connectivity index (χ0v) is 13.7. The van der Waals surface area contributed by atoms with Gasteiger partial charge in [0.05, 0.1) is 0 Å². The molecule has 2 heteroatoms. The van der Waals surface area contributed by atoms with E-state index < -0.39 is 0 Å². The van der Waals surface area contributed by atoms with Gasteiger partial charge in [-0.05, 0) is 55.5 Å². The average Bonchev–Trinajstić information content (AvgIpc) is 2.43. The molecule has 1 N–H and O–H groups in total. The molecule has 20 heavy (non-hydrogen) atoms. The van der Waals surface area contributed by atoms with Gasteiger partial charge in [0.2, 0.25) is 0 Å². The molecule has 1 nitrogen and oxygen atoms in total. The maximum Gasteiger partial charge on any atom is 0.0411 e. The van der Waals surface area contributed by atoms with Gasteiger partial charge in [0.15, 0.2) is 0 Å². The molecule has 0 saturated heterocycles. The Hall–Kier alpha value is -0.530. The Balaban J connectivity index is 2.08. The van der Waals surface area contributed by atoms with Crippen LogP contribution in [-0.2, 0) is 0 Å². The SMILES string of the molecule is CCCNC(CC1CCCCC1)c1cc(C)cc(Cl)c1. The molecule has 0 spiro atoms. The molecule has 0 bridgehead atoms. The summed E-state index contributed by atoms with van der Waals surface area (Å²) in [4.78, 5) is 0. The van der Waals surface area contributed by atoms with Crippen LogP contribution in [0, 0.1) is 12.8 Å². The summed E-state index contributed by atoms with van der Waals surface area (Å²) in [5.41, 5.74) is 2.63. The first-order valence-electron chi connectivity index (χ1n) is 8.19. The molecule has 1 fully saturated rings. The van der Waals surface area contributed by atoms with Gasteiger partial charge in [0.25, 0.3) is 0 Å². The number of hydrogen-bond acceptors (Lipinski definition) is 1. The van der Waals surface area contributed by atoms with Crippen molar-refractivity contribution in [2.24, 2.45) is 5.92 Å². The first-order valence-corrected chi connectivity index (χ1v) is 8.57. The smallest absolute Gasteiger partial charge is 0.0411 e. The lowest BCUT2D eigenvalue weighted by Crippen LogP contribution is -2.25. The molecule has 112 valence electrons. The van der Waals surface area contributed by atoms with E-state index in [0.29, 0.717) is 6.04 Å². The van der Waals surface area contributed by atoms with E-state index in [9.17, 15) is 0 Å². The van der Waals surface area contributed by atoms with Crippen LogP contribution in [0.3, 0.4) is 0 Å². The molecule has 0 radical (unpaired) electrons. The zero-order chi connectivity index (χ0) is 14.4. The molecule has 0 aliphatic heterocycles. The largest absolute Gasteiger partial charge is 0.310 e. The third-order valence-corrected chi connectivity index (χ3v) is 4.62. The van der Waals surface area contributed by atoms with Crippen LogP contribution in [0.15, 0.2) is 18.2 Å². The van der Waals surface area contributed by atoms with Gasteiger partial charge < -0.3 is 5.32 Å². The van der Waals surface area contributed by atoms with Crippen molar-refractivity contribution >= 4 is 11.6 Å². The molecule has 2 rings (SSSR count). The van der Waals surface area contributed by atoms with Crippen molar-refractivity contribution in [3.63, 3.8) is 0 Å². The molecule has 0 aromatic heterocycles. The monoisotopic (exact) mass is 293 g/mol. The van der Waals surface area contributed by atoms with Gasteiger partial charge in [-0.25, -0.2) is 0 Å². The van der Waals surface area contributed by atoms with E-state index in [1.807, 2.05) is 6.07 Å². The highest BCUT2D eigenvalue weighted by molar-refractivity contribution is 6.30. The third kappa shape index (κ3) is 4.79. The van der Waals surface area contributed by atoms with Gasteiger partial charge in [0.1, 0.15) is 0 Å². The first-order chi connectivity index (χ1) is 9.69. The predicted octanol–water partition coefficient (Wildman–Crippen LogP) is 5.66. The van der Waals surface area contributed by atoms with Crippen LogP contribution >= 0.6 is 11.6 Å². The first kappa shape index (κ1) is 15.9. The Bertz CT molecular complexity index is 390. The lowest BCUT2D eigenvalue weighted by Gasteiger charge is -2.28. The fourth-order valence-corrected chi connectivity index (χ4v) is 3.68. The third-order valence-electron chi connectivity index (χ3n) is 4.40. The summed E-state index contributed by atoms with van der Waals surface area (Å²) >= 11 is 6.24. The number of rotatable bonds is 6. The molecule has 1 unspecified atom stereocenters. The van der Waals surface area contributed by atoms with Crippen molar-refractivity contribution in [3.05, 3.63) is 34.3 Å². The topological polar surface area (TPSA) is 12.0 Å². The highest BCUT2D eigenvalue weighted by Gasteiger charge is 2.20. The highest BCUT2D eigenvalue weighted by atomic mass is 35.5. The van der Waals surface area contributed by atoms with Crippen LogP contribution in [0.25, 0.3) is 0 Å². The number of hydrogen-bond donors (Lipinski definition) is 1. The Morgan fingerprint density at radius 1 is 1.20 bits per heavy atom. The Morgan fingerprint density at radius 2 is 1.95 bits per heavy atom. The molecule has 1 aromatic rings. The number of aryl methyl sites for hydroxylation is 1. The quantitative estimate of drug-likeness (QED) is 0.713. The molecule has 1 saturated carbocycles. The number of halogens is 1. The minimum Gasteiger partial charge on any atom is -0.310 e. The van der Waals surface area contributed by atoms with Crippen molar-refractivity contribution in [1.82, 2.24) is 5.32 Å². The predicted molar refractivity (Wildman–Crippen MR) is 88.4 cm³/mol. The van der Waals surface area contributed by atoms with Crippen molar-refractivity contribution in [1.29, 1.82) is 0 Å². The summed E-state index contributed by atoms with van der Waals surface area (Å²) in [6.07, 6.45) is 9.52. The summed E-state index contributed by atoms with van der Waals surface area (Å²) in [7, 11) is 0. The molecule has 1 aromatic carbocycles. The zero-order valence-electron chi connectivity index (χ0n) is 12.9. The minimum absolute atomic E-state index is 0.468. The summed E-state index contributed by atoms with van der Waals surface area (Å²) in [5.74, 6) is 0.886. The van der Waals surface area contributed by atoms with E-state index in [-0.39, 0.29) is 0 Å². The van der Waals surface area contributed by atoms with Gasteiger partial charge in [-0.3, -0.25) is 0 Å². The van der Waals surface area contributed by atoms with Crippen molar-refractivity contribution in [2.45, 2.75) is 64.8 Å². The van der Waals surface area contributed by atoms with Gasteiger partial charge in [0, 0.05) is 11.1 Å². The van der Waals surface area contributed by atoms with E-state index in [1.54, 1.807) is 0 Å². The maximum atomic E-state index is 6.24. The summed E-state index contributed by atoms with van der Waals surface area (Å²) in [5, 5.41) is 4.60. The Kier molecular flexibility index (Phi) is 6.38. The van der Waals surface area contributed by atoms with Crippen LogP contribution < -0.4 is 5.32 Å². The van der Waals surface area contributed by atoms with Crippen LogP contribution in [0.4, 0.5) is 0 Å². The summed E-state index contributed by atoms with van der Waals surface area (Å²) in [6.45, 7) is 5.45.